The summed E-state index contributed by atoms with van der Waals surface area (Å²) in [6, 6.07) is 1.70. The molecule has 0 amide bonds. The molecular weight excluding hydrogens is 335 g/mol. The number of nitrogens with zero attached hydrogens (tertiary/aromatic N) is 4. The third-order valence-electron chi connectivity index (χ3n) is 4.53. The molecule has 1 unspecified atom stereocenters. The Kier molecular flexibility index (Phi) is 4.20. The molecule has 0 aliphatic carbocycles. The molecule has 1 atom stereocenters. The van der Waals surface area contributed by atoms with Gasteiger partial charge in [-0.3, -0.25) is 0 Å². The number of nitrogens with one attached hydrogen (secondary N) is 1. The minimum absolute atomic E-state index is 0.264. The fourth-order valence-electron chi connectivity index (χ4n) is 3.35. The normalized spacial score (nSPS) is 21.2. The van der Waals surface area contributed by atoms with Gasteiger partial charge in [-0.05, 0) is 38.3 Å². The minimum atomic E-state index is -4.59. The molecule has 4 rings (SSSR count). The van der Waals surface area contributed by atoms with Crippen LogP contribution in [-0.4, -0.2) is 32.9 Å². The number of hydrogen-bond donors (Lipinski definition) is 1. The summed E-state index contributed by atoms with van der Waals surface area (Å²) < 4.78 is 47.1. The first-order valence-electron chi connectivity index (χ1n) is 8.37. The molecule has 0 bridgehead atoms. The smallest absolute Gasteiger partial charge is 0.356 e. The van der Waals surface area contributed by atoms with Crippen LogP contribution in [0.4, 0.5) is 13.2 Å². The maximum Gasteiger partial charge on any atom is 0.451 e. The van der Waals surface area contributed by atoms with Gasteiger partial charge in [-0.15, -0.1) is 0 Å². The van der Waals surface area contributed by atoms with Crippen molar-refractivity contribution in [3.05, 3.63) is 29.3 Å². The summed E-state index contributed by atoms with van der Waals surface area (Å²) in [6.45, 7) is 1.62. The monoisotopic (exact) mass is 353 g/mol. The summed E-state index contributed by atoms with van der Waals surface area (Å²) in [6.07, 6.45) is 0.0859. The third-order valence-corrected chi connectivity index (χ3v) is 4.53. The number of fused-ring (bicyclic) bond motifs is 1. The number of rotatable bonds is 2. The molecule has 134 valence electrons. The first-order chi connectivity index (χ1) is 12.0. The van der Waals surface area contributed by atoms with Crippen molar-refractivity contribution in [3.63, 3.8) is 0 Å². The van der Waals surface area contributed by atoms with Gasteiger partial charge in [0.05, 0.1) is 17.1 Å². The average molecular weight is 353 g/mol. The van der Waals surface area contributed by atoms with Gasteiger partial charge in [0.2, 0.25) is 5.82 Å². The van der Waals surface area contributed by atoms with Crippen molar-refractivity contribution in [2.75, 3.05) is 13.2 Å². The Morgan fingerprint density at radius 2 is 2.12 bits per heavy atom. The van der Waals surface area contributed by atoms with Gasteiger partial charge >= 0.3 is 6.18 Å². The Morgan fingerprint density at radius 1 is 1.24 bits per heavy atom. The van der Waals surface area contributed by atoms with Crippen LogP contribution in [0.3, 0.4) is 0 Å². The van der Waals surface area contributed by atoms with Gasteiger partial charge < -0.3 is 10.1 Å². The molecule has 0 radical (unpaired) electrons. The Morgan fingerprint density at radius 3 is 2.88 bits per heavy atom. The molecule has 2 aromatic rings. The van der Waals surface area contributed by atoms with E-state index in [4.69, 9.17) is 4.74 Å². The molecule has 4 heterocycles. The number of aromatic nitrogens is 4. The first-order valence-corrected chi connectivity index (χ1v) is 8.37. The zero-order valence-corrected chi connectivity index (χ0v) is 13.5. The second-order valence-corrected chi connectivity index (χ2v) is 6.23. The summed E-state index contributed by atoms with van der Waals surface area (Å²) >= 11 is 0. The van der Waals surface area contributed by atoms with Crippen LogP contribution in [0.2, 0.25) is 0 Å². The van der Waals surface area contributed by atoms with Crippen LogP contribution in [0.25, 0.3) is 11.4 Å². The molecule has 2 aliphatic rings. The Labute approximate surface area is 142 Å². The van der Waals surface area contributed by atoms with Crippen molar-refractivity contribution in [1.29, 1.82) is 0 Å². The average Bonchev–Trinajstić information content (AvgIpc) is 3.10. The lowest BCUT2D eigenvalue weighted by atomic mass is 10.0. The minimum Gasteiger partial charge on any atom is -0.356 e. The van der Waals surface area contributed by atoms with Gasteiger partial charge in [-0.25, -0.2) is 14.6 Å². The molecular formula is C16H18F3N5O. The van der Waals surface area contributed by atoms with Gasteiger partial charge in [0.1, 0.15) is 0 Å². The Balaban J connectivity index is 1.83. The van der Waals surface area contributed by atoms with Crippen molar-refractivity contribution in [2.45, 2.75) is 44.6 Å². The van der Waals surface area contributed by atoms with Crippen LogP contribution < -0.4 is 5.32 Å². The highest BCUT2D eigenvalue weighted by molar-refractivity contribution is 5.61. The van der Waals surface area contributed by atoms with Crippen molar-refractivity contribution in [3.8, 4) is 11.4 Å². The third kappa shape index (κ3) is 3.13. The standard InChI is InChI=1S/C16H18F3N5O/c17-16(18,19)15-22-11-9-20-6-4-10(11)14(23-15)12-5-7-21-24(12)13-3-1-2-8-25-13/h5,7,13,20H,1-4,6,8-9H2. The molecule has 2 aliphatic heterocycles. The van der Waals surface area contributed by atoms with E-state index in [2.05, 4.69) is 20.4 Å². The van der Waals surface area contributed by atoms with E-state index in [9.17, 15) is 13.2 Å². The van der Waals surface area contributed by atoms with Gasteiger partial charge in [-0.1, -0.05) is 0 Å². The number of hydrogen-bond acceptors (Lipinski definition) is 5. The van der Waals surface area contributed by atoms with Crippen molar-refractivity contribution in [2.24, 2.45) is 0 Å². The van der Waals surface area contributed by atoms with Gasteiger partial charge in [0.15, 0.2) is 6.23 Å². The number of alkyl halides is 3. The van der Waals surface area contributed by atoms with Crippen LogP contribution in [0, 0.1) is 0 Å². The summed E-state index contributed by atoms with van der Waals surface area (Å²) in [4.78, 5) is 7.61. The first kappa shape index (κ1) is 16.5. The molecule has 0 saturated carbocycles. The highest BCUT2D eigenvalue weighted by Gasteiger charge is 2.37. The summed E-state index contributed by atoms with van der Waals surface area (Å²) in [5.74, 6) is -1.11. The van der Waals surface area contributed by atoms with Crippen LogP contribution in [-0.2, 0) is 23.9 Å². The summed E-state index contributed by atoms with van der Waals surface area (Å²) in [5, 5.41) is 7.36. The SMILES string of the molecule is FC(F)(F)c1nc2c(c(-c3ccnn3C3CCCCO3)n1)CCNC2. The Hall–Kier alpha value is -2.00. The van der Waals surface area contributed by atoms with Gasteiger partial charge in [0, 0.05) is 24.9 Å². The van der Waals surface area contributed by atoms with E-state index < -0.39 is 12.0 Å². The van der Waals surface area contributed by atoms with Crippen molar-refractivity contribution in [1.82, 2.24) is 25.1 Å². The zero-order valence-electron chi connectivity index (χ0n) is 13.5. The van der Waals surface area contributed by atoms with Crippen molar-refractivity contribution >= 4 is 0 Å². The summed E-state index contributed by atoms with van der Waals surface area (Å²) in [7, 11) is 0. The maximum atomic E-state index is 13.2. The lowest BCUT2D eigenvalue weighted by Gasteiger charge is -2.26. The largest absolute Gasteiger partial charge is 0.451 e. The Bertz CT molecular complexity index is 768. The van der Waals surface area contributed by atoms with Crippen LogP contribution in [0.1, 0.15) is 42.6 Å². The molecule has 0 spiro atoms. The van der Waals surface area contributed by atoms with E-state index in [1.54, 1.807) is 16.9 Å². The predicted octanol–water partition coefficient (Wildman–Crippen LogP) is 2.70. The van der Waals surface area contributed by atoms with Crippen LogP contribution in [0.15, 0.2) is 12.3 Å². The van der Waals surface area contributed by atoms with E-state index in [0.29, 0.717) is 43.2 Å². The fourth-order valence-corrected chi connectivity index (χ4v) is 3.35. The topological polar surface area (TPSA) is 64.9 Å². The van der Waals surface area contributed by atoms with Crippen LogP contribution >= 0.6 is 0 Å². The molecule has 25 heavy (non-hydrogen) atoms. The molecule has 6 nitrogen and oxygen atoms in total. The molecule has 0 aromatic carbocycles. The van der Waals surface area contributed by atoms with Crippen molar-refractivity contribution < 1.29 is 17.9 Å². The van der Waals surface area contributed by atoms with Gasteiger partial charge in [-0.2, -0.15) is 18.3 Å². The maximum absolute atomic E-state index is 13.2. The molecule has 1 N–H and O–H groups in total. The van der Waals surface area contributed by atoms with Gasteiger partial charge in [0.25, 0.3) is 0 Å². The lowest BCUT2D eigenvalue weighted by Crippen LogP contribution is -2.28. The van der Waals surface area contributed by atoms with E-state index >= 15 is 0 Å². The summed E-state index contributed by atoms with van der Waals surface area (Å²) in [5.41, 5.74) is 2.02. The molecule has 1 fully saturated rings. The predicted molar refractivity (Wildman–Crippen MR) is 82.5 cm³/mol. The second-order valence-electron chi connectivity index (χ2n) is 6.23. The highest BCUT2D eigenvalue weighted by Crippen LogP contribution is 2.34. The van der Waals surface area contributed by atoms with Crippen LogP contribution in [0.5, 0.6) is 0 Å². The quantitative estimate of drug-likeness (QED) is 0.899. The second kappa shape index (κ2) is 6.38. The number of halogens is 3. The zero-order chi connectivity index (χ0) is 17.4. The lowest BCUT2D eigenvalue weighted by molar-refractivity contribution is -0.145. The highest BCUT2D eigenvalue weighted by atomic mass is 19.4. The van der Waals surface area contributed by atoms with E-state index in [0.717, 1.165) is 24.8 Å². The van der Waals surface area contributed by atoms with E-state index in [1.807, 2.05) is 0 Å². The van der Waals surface area contributed by atoms with E-state index in [1.165, 1.54) is 0 Å². The molecule has 2 aromatic heterocycles. The number of ether oxygens (including phenoxy) is 1. The van der Waals surface area contributed by atoms with E-state index in [-0.39, 0.29) is 6.23 Å². The molecule has 9 heteroatoms. The fraction of sp³-hybridized carbons (Fsp3) is 0.562. The molecule has 1 saturated heterocycles.